The van der Waals surface area contributed by atoms with E-state index in [9.17, 15) is 0 Å². The maximum absolute atomic E-state index is 6.21. The van der Waals surface area contributed by atoms with E-state index in [2.05, 4.69) is 0 Å². The van der Waals surface area contributed by atoms with Gasteiger partial charge in [0.15, 0.2) is 0 Å². The monoisotopic (exact) mass is 281 g/mol. The van der Waals surface area contributed by atoms with Crippen molar-refractivity contribution in [1.82, 2.24) is 0 Å². The summed E-state index contributed by atoms with van der Waals surface area (Å²) in [6.07, 6.45) is 0. The van der Waals surface area contributed by atoms with Crippen LogP contribution in [-0.2, 0) is 0 Å². The fourth-order valence-electron chi connectivity index (χ4n) is 1.77. The largest absolute Gasteiger partial charge is 0.497 e. The van der Waals surface area contributed by atoms with Gasteiger partial charge >= 0.3 is 0 Å². The highest BCUT2D eigenvalue weighted by Crippen LogP contribution is 2.30. The Morgan fingerprint density at radius 1 is 1.11 bits per heavy atom. The average Bonchev–Trinajstić information content (AvgIpc) is 2.41. The molecule has 0 heterocycles. The molecule has 2 aromatic rings. The summed E-state index contributed by atoms with van der Waals surface area (Å²) in [6, 6.07) is 12.5. The lowest BCUT2D eigenvalue weighted by Crippen LogP contribution is -2.12. The Balaban J connectivity index is 2.40. The van der Waals surface area contributed by atoms with E-state index in [0.29, 0.717) is 10.0 Å². The summed E-state index contributed by atoms with van der Waals surface area (Å²) in [6.45, 7) is 0. The Kier molecular flexibility index (Phi) is 4.12. The highest BCUT2D eigenvalue weighted by molar-refractivity contribution is 6.33. The van der Waals surface area contributed by atoms with Gasteiger partial charge in [0.05, 0.1) is 13.2 Å². The minimum atomic E-state index is -0.328. The molecule has 2 rings (SSSR count). The Morgan fingerprint density at radius 2 is 1.89 bits per heavy atom. The van der Waals surface area contributed by atoms with Crippen LogP contribution in [0, 0.1) is 0 Å². The smallest absolute Gasteiger partial charge is 0.119 e. The fraction of sp³-hybridized carbons (Fsp3) is 0.143. The van der Waals surface area contributed by atoms with Gasteiger partial charge in [0.25, 0.3) is 0 Å². The average molecular weight is 282 g/mol. The third-order valence-electron chi connectivity index (χ3n) is 2.75. The second-order valence-corrected chi connectivity index (χ2v) is 4.76. The number of halogens is 2. The van der Waals surface area contributed by atoms with Gasteiger partial charge in [-0.2, -0.15) is 0 Å². The summed E-state index contributed by atoms with van der Waals surface area (Å²) in [5.74, 6) is 0.765. The van der Waals surface area contributed by atoms with Crippen molar-refractivity contribution in [1.29, 1.82) is 0 Å². The van der Waals surface area contributed by atoms with Crippen LogP contribution in [0.15, 0.2) is 42.5 Å². The van der Waals surface area contributed by atoms with Gasteiger partial charge in [-0.25, -0.2) is 0 Å². The van der Waals surface area contributed by atoms with Gasteiger partial charge < -0.3 is 10.5 Å². The second kappa shape index (κ2) is 5.61. The van der Waals surface area contributed by atoms with Crippen LogP contribution in [0.3, 0.4) is 0 Å². The molecule has 0 fully saturated rings. The van der Waals surface area contributed by atoms with Gasteiger partial charge in [-0.15, -0.1) is 0 Å². The van der Waals surface area contributed by atoms with Crippen molar-refractivity contribution < 1.29 is 4.74 Å². The summed E-state index contributed by atoms with van der Waals surface area (Å²) in [5.41, 5.74) is 7.94. The molecule has 0 saturated heterocycles. The number of hydrogen-bond acceptors (Lipinski definition) is 2. The lowest BCUT2D eigenvalue weighted by molar-refractivity contribution is 0.414. The lowest BCUT2D eigenvalue weighted by atomic mass is 9.99. The lowest BCUT2D eigenvalue weighted by Gasteiger charge is -2.15. The number of rotatable bonds is 3. The van der Waals surface area contributed by atoms with Crippen molar-refractivity contribution >= 4 is 23.2 Å². The molecule has 2 N–H and O–H groups in total. The molecule has 2 nitrogen and oxygen atoms in total. The van der Waals surface area contributed by atoms with E-state index in [1.807, 2.05) is 24.3 Å². The molecule has 1 unspecified atom stereocenters. The van der Waals surface area contributed by atoms with E-state index in [0.717, 1.165) is 16.9 Å². The van der Waals surface area contributed by atoms with Crippen molar-refractivity contribution in [2.75, 3.05) is 7.11 Å². The van der Waals surface area contributed by atoms with Crippen LogP contribution in [0.1, 0.15) is 17.2 Å². The van der Waals surface area contributed by atoms with Crippen LogP contribution in [0.25, 0.3) is 0 Å². The van der Waals surface area contributed by atoms with Gasteiger partial charge in [0, 0.05) is 10.0 Å². The first kappa shape index (κ1) is 13.2. The fourth-order valence-corrected chi connectivity index (χ4v) is 2.18. The molecule has 0 aromatic heterocycles. The molecule has 0 amide bonds. The first-order chi connectivity index (χ1) is 8.61. The van der Waals surface area contributed by atoms with Gasteiger partial charge in [0.2, 0.25) is 0 Å². The molecule has 2 aromatic carbocycles. The Bertz CT molecular complexity index is 557. The maximum atomic E-state index is 6.21. The van der Waals surface area contributed by atoms with Crippen molar-refractivity contribution in [3.05, 3.63) is 63.6 Å². The highest BCUT2D eigenvalue weighted by atomic mass is 35.5. The predicted molar refractivity (Wildman–Crippen MR) is 75.5 cm³/mol. The first-order valence-electron chi connectivity index (χ1n) is 5.46. The molecule has 4 heteroatoms. The van der Waals surface area contributed by atoms with Crippen LogP contribution >= 0.6 is 23.2 Å². The molecule has 0 aliphatic rings. The van der Waals surface area contributed by atoms with Gasteiger partial charge in [0.1, 0.15) is 5.75 Å². The molecule has 0 bridgehead atoms. The topological polar surface area (TPSA) is 35.2 Å². The van der Waals surface area contributed by atoms with Crippen molar-refractivity contribution in [3.8, 4) is 5.75 Å². The maximum Gasteiger partial charge on any atom is 0.119 e. The zero-order valence-corrected chi connectivity index (χ0v) is 11.4. The third kappa shape index (κ3) is 2.78. The summed E-state index contributed by atoms with van der Waals surface area (Å²) in [5, 5.41) is 1.22. The zero-order valence-electron chi connectivity index (χ0n) is 9.86. The van der Waals surface area contributed by atoms with Crippen LogP contribution in [0.2, 0.25) is 10.0 Å². The summed E-state index contributed by atoms with van der Waals surface area (Å²) >= 11 is 12.1. The third-order valence-corrected chi connectivity index (χ3v) is 3.33. The number of hydrogen-bond donors (Lipinski definition) is 1. The molecule has 0 radical (unpaired) electrons. The molecule has 1 atom stereocenters. The first-order valence-corrected chi connectivity index (χ1v) is 6.22. The van der Waals surface area contributed by atoms with Crippen LogP contribution in [0.4, 0.5) is 0 Å². The van der Waals surface area contributed by atoms with Crippen molar-refractivity contribution in [2.24, 2.45) is 5.73 Å². The van der Waals surface area contributed by atoms with Crippen LogP contribution in [0.5, 0.6) is 5.75 Å². The van der Waals surface area contributed by atoms with Crippen LogP contribution < -0.4 is 10.5 Å². The molecule has 0 aliphatic heterocycles. The molecule has 0 saturated carbocycles. The summed E-state index contributed by atoms with van der Waals surface area (Å²) in [4.78, 5) is 0. The molecular weight excluding hydrogens is 269 g/mol. The zero-order chi connectivity index (χ0) is 13.1. The predicted octanol–water partition coefficient (Wildman–Crippen LogP) is 4.05. The minimum Gasteiger partial charge on any atom is -0.497 e. The highest BCUT2D eigenvalue weighted by Gasteiger charge is 2.13. The van der Waals surface area contributed by atoms with Gasteiger partial charge in [-0.3, -0.25) is 0 Å². The van der Waals surface area contributed by atoms with Crippen molar-refractivity contribution in [3.63, 3.8) is 0 Å². The summed E-state index contributed by atoms with van der Waals surface area (Å²) in [7, 11) is 1.62. The Hall–Kier alpha value is -1.22. The minimum absolute atomic E-state index is 0.328. The Labute approximate surface area is 116 Å². The number of methoxy groups -OCH3 is 1. The SMILES string of the molecule is COc1cccc(C(N)c2cc(Cl)ccc2Cl)c1. The molecule has 94 valence electrons. The summed E-state index contributed by atoms with van der Waals surface area (Å²) < 4.78 is 5.18. The van der Waals surface area contributed by atoms with E-state index in [1.165, 1.54) is 0 Å². The van der Waals surface area contributed by atoms with Gasteiger partial charge in [-0.05, 0) is 41.5 Å². The normalized spacial score (nSPS) is 12.2. The number of nitrogens with two attached hydrogens (primary N) is 1. The number of benzene rings is 2. The van der Waals surface area contributed by atoms with E-state index in [4.69, 9.17) is 33.7 Å². The standard InChI is InChI=1S/C14H13Cl2NO/c1-18-11-4-2-3-9(7-11)14(17)12-8-10(15)5-6-13(12)16/h2-8,14H,17H2,1H3. The molecule has 18 heavy (non-hydrogen) atoms. The Morgan fingerprint density at radius 3 is 2.61 bits per heavy atom. The molecule has 0 spiro atoms. The van der Waals surface area contributed by atoms with Crippen molar-refractivity contribution in [2.45, 2.75) is 6.04 Å². The molecule has 0 aliphatic carbocycles. The van der Waals surface area contributed by atoms with Crippen LogP contribution in [-0.4, -0.2) is 7.11 Å². The quantitative estimate of drug-likeness (QED) is 0.921. The van der Waals surface area contributed by atoms with Gasteiger partial charge in [-0.1, -0.05) is 35.3 Å². The molecular formula is C14H13Cl2NO. The second-order valence-electron chi connectivity index (χ2n) is 3.92. The number of ether oxygens (including phenoxy) is 1. The van der Waals surface area contributed by atoms with E-state index in [-0.39, 0.29) is 6.04 Å². The van der Waals surface area contributed by atoms with E-state index in [1.54, 1.807) is 25.3 Å². The van der Waals surface area contributed by atoms with E-state index >= 15 is 0 Å². The van der Waals surface area contributed by atoms with E-state index < -0.39 is 0 Å².